The fraction of sp³-hybridized carbons (Fsp3) is 0.391. The van der Waals surface area contributed by atoms with Crippen LogP contribution in [0.15, 0.2) is 42.7 Å². The van der Waals surface area contributed by atoms with Crippen LogP contribution >= 0.6 is 0 Å². The van der Waals surface area contributed by atoms with Crippen molar-refractivity contribution in [3.05, 3.63) is 59.9 Å². The fourth-order valence-electron chi connectivity index (χ4n) is 3.72. The second-order valence-corrected chi connectivity index (χ2v) is 7.80. The number of rotatable bonds is 5. The number of anilines is 1. The van der Waals surface area contributed by atoms with Gasteiger partial charge in [0, 0.05) is 37.9 Å². The van der Waals surface area contributed by atoms with Gasteiger partial charge in [-0.2, -0.15) is 0 Å². The molecule has 1 aliphatic rings. The van der Waals surface area contributed by atoms with E-state index in [2.05, 4.69) is 19.9 Å². The summed E-state index contributed by atoms with van der Waals surface area (Å²) in [7, 11) is 0. The Hall–Kier alpha value is -3.42. The molecule has 0 spiro atoms. The molecule has 3 aromatic rings. The van der Waals surface area contributed by atoms with Crippen molar-refractivity contribution in [2.45, 2.75) is 33.8 Å². The van der Waals surface area contributed by atoms with Gasteiger partial charge in [0.2, 0.25) is 0 Å². The molecule has 3 heterocycles. The summed E-state index contributed by atoms with van der Waals surface area (Å²) < 4.78 is 7.78. The van der Waals surface area contributed by atoms with Gasteiger partial charge in [-0.25, -0.2) is 15.0 Å². The van der Waals surface area contributed by atoms with Gasteiger partial charge in [-0.15, -0.1) is 0 Å². The van der Waals surface area contributed by atoms with Crippen LogP contribution in [0.5, 0.6) is 5.75 Å². The van der Waals surface area contributed by atoms with Crippen LogP contribution in [0.4, 0.5) is 5.82 Å². The molecular formula is C23H28N6O2. The Balaban J connectivity index is 1.42. The number of carbonyl (C=O) groups is 1. The summed E-state index contributed by atoms with van der Waals surface area (Å²) in [5, 5.41) is 0. The van der Waals surface area contributed by atoms with Gasteiger partial charge in [0.05, 0.1) is 5.69 Å². The summed E-state index contributed by atoms with van der Waals surface area (Å²) in [5.74, 6) is 3.10. The molecule has 1 aromatic carbocycles. The molecule has 0 radical (unpaired) electrons. The maximum Gasteiger partial charge on any atom is 0.263 e. The number of hydrogen-bond acceptors (Lipinski definition) is 6. The van der Waals surface area contributed by atoms with Crippen LogP contribution in [-0.2, 0) is 4.79 Å². The topological polar surface area (TPSA) is 76.4 Å². The molecule has 0 bridgehead atoms. The van der Waals surface area contributed by atoms with Crippen LogP contribution in [0.1, 0.15) is 24.1 Å². The number of para-hydroxylation sites is 1. The van der Waals surface area contributed by atoms with E-state index < -0.39 is 6.10 Å². The van der Waals surface area contributed by atoms with Crippen LogP contribution in [-0.4, -0.2) is 62.6 Å². The van der Waals surface area contributed by atoms with Crippen LogP contribution in [0.2, 0.25) is 0 Å². The van der Waals surface area contributed by atoms with Gasteiger partial charge in [0.25, 0.3) is 5.91 Å². The fourth-order valence-corrected chi connectivity index (χ4v) is 3.72. The molecule has 2 aromatic heterocycles. The minimum absolute atomic E-state index is 0.00701. The van der Waals surface area contributed by atoms with Crippen molar-refractivity contribution in [1.82, 2.24) is 24.4 Å². The van der Waals surface area contributed by atoms with Crippen LogP contribution < -0.4 is 9.64 Å². The Kier molecular flexibility index (Phi) is 5.88. The van der Waals surface area contributed by atoms with E-state index in [1.54, 1.807) is 13.3 Å². The van der Waals surface area contributed by atoms with E-state index in [-0.39, 0.29) is 5.91 Å². The summed E-state index contributed by atoms with van der Waals surface area (Å²) in [6, 6.07) is 11.4. The molecule has 1 amide bonds. The van der Waals surface area contributed by atoms with E-state index in [0.717, 1.165) is 23.0 Å². The number of piperazine rings is 1. The van der Waals surface area contributed by atoms with Gasteiger partial charge in [0.15, 0.2) is 6.10 Å². The highest BCUT2D eigenvalue weighted by molar-refractivity contribution is 5.81. The van der Waals surface area contributed by atoms with E-state index in [0.29, 0.717) is 37.8 Å². The maximum atomic E-state index is 12.8. The molecule has 8 nitrogen and oxygen atoms in total. The van der Waals surface area contributed by atoms with E-state index in [9.17, 15) is 4.79 Å². The Morgan fingerprint density at radius 1 is 1.00 bits per heavy atom. The van der Waals surface area contributed by atoms with E-state index in [4.69, 9.17) is 4.74 Å². The van der Waals surface area contributed by atoms with Crippen molar-refractivity contribution < 1.29 is 9.53 Å². The lowest BCUT2D eigenvalue weighted by molar-refractivity contribution is -0.138. The summed E-state index contributed by atoms with van der Waals surface area (Å²) in [4.78, 5) is 30.5. The third kappa shape index (κ3) is 4.52. The first-order chi connectivity index (χ1) is 14.9. The van der Waals surface area contributed by atoms with Gasteiger partial charge in [0.1, 0.15) is 29.5 Å². The number of ether oxygens (including phenoxy) is 1. The lowest BCUT2D eigenvalue weighted by Gasteiger charge is -2.36. The molecule has 0 N–H and O–H groups in total. The number of benzene rings is 1. The average Bonchev–Trinajstić information content (AvgIpc) is 3.12. The van der Waals surface area contributed by atoms with E-state index in [1.807, 2.05) is 66.6 Å². The van der Waals surface area contributed by atoms with Crippen molar-refractivity contribution in [2.75, 3.05) is 31.1 Å². The molecule has 1 fully saturated rings. The maximum absolute atomic E-state index is 12.8. The summed E-state index contributed by atoms with van der Waals surface area (Å²) in [5.41, 5.74) is 2.05. The molecule has 0 aliphatic carbocycles. The minimum Gasteiger partial charge on any atom is -0.481 e. The van der Waals surface area contributed by atoms with Crippen molar-refractivity contribution in [3.8, 4) is 11.6 Å². The van der Waals surface area contributed by atoms with Crippen LogP contribution in [0.25, 0.3) is 5.82 Å². The number of nitrogens with zero attached hydrogens (tertiary/aromatic N) is 6. The van der Waals surface area contributed by atoms with Crippen molar-refractivity contribution in [1.29, 1.82) is 0 Å². The Morgan fingerprint density at radius 2 is 1.68 bits per heavy atom. The summed E-state index contributed by atoms with van der Waals surface area (Å²) in [6.07, 6.45) is 1.27. The first-order valence-electron chi connectivity index (χ1n) is 10.5. The standard InChI is InChI=1S/C23H28N6O2/c1-16-17(2)29(15-24-16)22-14-21(25-19(4)26-22)27-10-12-28(13-11-27)23(30)18(3)31-20-8-6-5-7-9-20/h5-9,14-15,18H,10-13H2,1-4H3. The zero-order valence-electron chi connectivity index (χ0n) is 18.4. The van der Waals surface area contributed by atoms with Gasteiger partial charge in [-0.3, -0.25) is 9.36 Å². The monoisotopic (exact) mass is 420 g/mol. The molecule has 1 saturated heterocycles. The summed E-state index contributed by atoms with van der Waals surface area (Å²) in [6.45, 7) is 10.4. The number of aromatic nitrogens is 4. The third-order valence-electron chi connectivity index (χ3n) is 5.63. The Bertz CT molecular complexity index is 1060. The number of amides is 1. The number of aryl methyl sites for hydroxylation is 2. The quantitative estimate of drug-likeness (QED) is 0.632. The number of imidazole rings is 1. The lowest BCUT2D eigenvalue weighted by atomic mass is 10.2. The predicted molar refractivity (Wildman–Crippen MR) is 119 cm³/mol. The first-order valence-corrected chi connectivity index (χ1v) is 10.5. The molecule has 1 unspecified atom stereocenters. The molecule has 0 saturated carbocycles. The lowest BCUT2D eigenvalue weighted by Crippen LogP contribution is -2.52. The van der Waals surface area contributed by atoms with Crippen molar-refractivity contribution in [2.24, 2.45) is 0 Å². The van der Waals surface area contributed by atoms with E-state index in [1.165, 1.54) is 0 Å². The highest BCUT2D eigenvalue weighted by atomic mass is 16.5. The van der Waals surface area contributed by atoms with Gasteiger partial charge < -0.3 is 14.5 Å². The first kappa shape index (κ1) is 20.8. The van der Waals surface area contributed by atoms with Crippen molar-refractivity contribution >= 4 is 11.7 Å². The Labute approximate surface area is 182 Å². The normalized spacial score (nSPS) is 15.1. The highest BCUT2D eigenvalue weighted by Gasteiger charge is 2.27. The van der Waals surface area contributed by atoms with Gasteiger partial charge in [-0.05, 0) is 39.8 Å². The number of carbonyl (C=O) groups excluding carboxylic acids is 1. The largest absolute Gasteiger partial charge is 0.481 e. The SMILES string of the molecule is Cc1nc(N2CCN(C(=O)C(C)Oc3ccccc3)CC2)cc(-n2cnc(C)c2C)n1. The summed E-state index contributed by atoms with van der Waals surface area (Å²) >= 11 is 0. The van der Waals surface area contributed by atoms with Gasteiger partial charge in [-0.1, -0.05) is 18.2 Å². The molecular weight excluding hydrogens is 392 g/mol. The smallest absolute Gasteiger partial charge is 0.263 e. The minimum atomic E-state index is -0.519. The second-order valence-electron chi connectivity index (χ2n) is 7.80. The van der Waals surface area contributed by atoms with Crippen molar-refractivity contribution in [3.63, 3.8) is 0 Å². The molecule has 4 rings (SSSR count). The zero-order valence-corrected chi connectivity index (χ0v) is 18.4. The van der Waals surface area contributed by atoms with Crippen LogP contribution in [0, 0.1) is 20.8 Å². The Morgan fingerprint density at radius 3 is 2.32 bits per heavy atom. The van der Waals surface area contributed by atoms with Crippen LogP contribution in [0.3, 0.4) is 0 Å². The molecule has 162 valence electrons. The number of hydrogen-bond donors (Lipinski definition) is 0. The molecule has 8 heteroatoms. The molecule has 1 atom stereocenters. The zero-order chi connectivity index (χ0) is 22.0. The molecule has 31 heavy (non-hydrogen) atoms. The van der Waals surface area contributed by atoms with Gasteiger partial charge >= 0.3 is 0 Å². The second kappa shape index (κ2) is 8.75. The third-order valence-corrected chi connectivity index (χ3v) is 5.63. The average molecular weight is 421 g/mol. The highest BCUT2D eigenvalue weighted by Crippen LogP contribution is 2.20. The molecule has 1 aliphatic heterocycles. The predicted octanol–water partition coefficient (Wildman–Crippen LogP) is 2.70. The van der Waals surface area contributed by atoms with E-state index >= 15 is 0 Å².